The zero-order valence-corrected chi connectivity index (χ0v) is 28.8. The average Bonchev–Trinajstić information content (AvgIpc) is 3.56. The number of halogens is 1. The summed E-state index contributed by atoms with van der Waals surface area (Å²) in [6, 6.07) is 12.7. The number of rotatable bonds is 8. The minimum absolute atomic E-state index is 0.0910. The van der Waals surface area contributed by atoms with Crippen LogP contribution in [0.2, 0.25) is 11.6 Å². The van der Waals surface area contributed by atoms with Gasteiger partial charge in [0.1, 0.15) is 29.1 Å². The van der Waals surface area contributed by atoms with Crippen molar-refractivity contribution in [3.63, 3.8) is 0 Å². The highest BCUT2D eigenvalue weighted by Crippen LogP contribution is 2.44. The van der Waals surface area contributed by atoms with Crippen LogP contribution in [0.4, 0.5) is 20.9 Å². The molecule has 0 N–H and O–H groups in total. The van der Waals surface area contributed by atoms with Crippen LogP contribution in [0.25, 0.3) is 16.8 Å². The zero-order valence-electron chi connectivity index (χ0n) is 26.9. The molecule has 6 rings (SSSR count). The van der Waals surface area contributed by atoms with Crippen LogP contribution in [0.5, 0.6) is 0 Å². The molecule has 1 aromatic carbocycles. The standard InChI is InChI=1S/C33H39FN7O2SSi/c1-8-25-30(38(6)31-36-29(27(15-35)44-31)22-9-11-23(34)12-10-22)26-14-24(13-21(2)41(26)37-25)39-17-33(18-39)19-40(20-33)28(42)16-43-45(7)32(3,4)5/h9-14H,8,16-20H2,1-7H3. The molecule has 1 amide bonds. The Morgan fingerprint density at radius 2 is 1.89 bits per heavy atom. The lowest BCUT2D eigenvalue weighted by Crippen LogP contribution is -2.73. The number of hydrogen-bond acceptors (Lipinski definition) is 8. The maximum absolute atomic E-state index is 13.6. The van der Waals surface area contributed by atoms with Crippen LogP contribution >= 0.6 is 11.3 Å². The molecule has 0 unspecified atom stereocenters. The van der Waals surface area contributed by atoms with Gasteiger partial charge in [-0.15, -0.1) is 0 Å². The number of carbonyl (C=O) groups excluding carboxylic acids is 1. The largest absolute Gasteiger partial charge is 0.407 e. The van der Waals surface area contributed by atoms with Gasteiger partial charge in [-0.1, -0.05) is 39.0 Å². The minimum Gasteiger partial charge on any atom is -0.407 e. The Kier molecular flexibility index (Phi) is 8.00. The van der Waals surface area contributed by atoms with E-state index in [1.165, 1.54) is 23.5 Å². The van der Waals surface area contributed by atoms with Crippen molar-refractivity contribution in [3.8, 4) is 17.3 Å². The smallest absolute Gasteiger partial charge is 0.247 e. The summed E-state index contributed by atoms with van der Waals surface area (Å²) in [7, 11) is 0.914. The normalized spacial score (nSPS) is 15.8. The monoisotopic (exact) mass is 644 g/mol. The van der Waals surface area contributed by atoms with Crippen LogP contribution in [0.15, 0.2) is 36.4 Å². The van der Waals surface area contributed by atoms with E-state index in [4.69, 9.17) is 14.5 Å². The molecular formula is C33H39FN7O2SSi. The molecule has 5 heterocycles. The summed E-state index contributed by atoms with van der Waals surface area (Å²) < 4.78 is 21.5. The number of benzene rings is 1. The highest BCUT2D eigenvalue weighted by molar-refractivity contribution is 7.16. The topological polar surface area (TPSA) is 90.0 Å². The number of fused-ring (bicyclic) bond motifs is 1. The van der Waals surface area contributed by atoms with Crippen molar-refractivity contribution in [2.75, 3.05) is 49.6 Å². The number of nitriles is 1. The maximum atomic E-state index is 13.6. The molecule has 2 aliphatic heterocycles. The van der Waals surface area contributed by atoms with Crippen molar-refractivity contribution in [2.45, 2.75) is 52.6 Å². The third-order valence-corrected chi connectivity index (χ3v) is 12.8. The lowest BCUT2D eigenvalue weighted by molar-refractivity contribution is -0.147. The van der Waals surface area contributed by atoms with Crippen molar-refractivity contribution in [2.24, 2.45) is 5.41 Å². The van der Waals surface area contributed by atoms with Crippen LogP contribution in [-0.2, 0) is 15.6 Å². The van der Waals surface area contributed by atoms with Crippen LogP contribution in [0.3, 0.4) is 0 Å². The summed E-state index contributed by atoms with van der Waals surface area (Å²) in [6.07, 6.45) is 0.730. The third kappa shape index (κ3) is 5.73. The fourth-order valence-corrected chi connectivity index (χ4v) is 7.73. The van der Waals surface area contributed by atoms with Crippen molar-refractivity contribution < 1.29 is 13.6 Å². The number of aryl methyl sites for hydroxylation is 2. The molecule has 9 nitrogen and oxygen atoms in total. The second kappa shape index (κ2) is 11.5. The zero-order chi connectivity index (χ0) is 32.3. The summed E-state index contributed by atoms with van der Waals surface area (Å²) in [4.78, 5) is 24.4. The van der Waals surface area contributed by atoms with E-state index in [9.17, 15) is 14.4 Å². The van der Waals surface area contributed by atoms with Gasteiger partial charge in [-0.25, -0.2) is 13.9 Å². The van der Waals surface area contributed by atoms with E-state index < -0.39 is 9.04 Å². The van der Waals surface area contributed by atoms with E-state index in [0.29, 0.717) is 21.3 Å². The Bertz CT molecular complexity index is 1790. The molecule has 1 spiro atoms. The molecular weight excluding hydrogens is 606 g/mol. The van der Waals surface area contributed by atoms with E-state index in [-0.39, 0.29) is 28.8 Å². The van der Waals surface area contributed by atoms with Gasteiger partial charge in [0, 0.05) is 55.6 Å². The molecule has 0 bridgehead atoms. The van der Waals surface area contributed by atoms with Gasteiger partial charge < -0.3 is 19.1 Å². The van der Waals surface area contributed by atoms with E-state index in [1.54, 1.807) is 12.1 Å². The number of amides is 1. The number of anilines is 3. The van der Waals surface area contributed by atoms with Gasteiger partial charge in [0.2, 0.25) is 14.9 Å². The number of pyridine rings is 1. The third-order valence-electron chi connectivity index (χ3n) is 9.02. The minimum atomic E-state index is -1.04. The highest BCUT2D eigenvalue weighted by atomic mass is 32.1. The Hall–Kier alpha value is -3.79. The number of nitrogens with zero attached hydrogens (tertiary/aromatic N) is 7. The number of hydrogen-bond donors (Lipinski definition) is 0. The van der Waals surface area contributed by atoms with Crippen LogP contribution in [0.1, 0.15) is 44.0 Å². The lowest BCUT2D eigenvalue weighted by Gasteiger charge is -2.61. The molecule has 12 heteroatoms. The van der Waals surface area contributed by atoms with Crippen molar-refractivity contribution in [1.29, 1.82) is 5.26 Å². The predicted molar refractivity (Wildman–Crippen MR) is 178 cm³/mol. The predicted octanol–water partition coefficient (Wildman–Crippen LogP) is 6.19. The van der Waals surface area contributed by atoms with E-state index >= 15 is 0 Å². The second-order valence-corrected chi connectivity index (χ2v) is 17.2. The van der Waals surface area contributed by atoms with Crippen LogP contribution in [0, 0.1) is 29.5 Å². The van der Waals surface area contributed by atoms with Gasteiger partial charge in [-0.2, -0.15) is 10.4 Å². The summed E-state index contributed by atoms with van der Waals surface area (Å²) >= 11 is 1.31. The Labute approximate surface area is 269 Å². The molecule has 2 saturated heterocycles. The maximum Gasteiger partial charge on any atom is 0.247 e. The Morgan fingerprint density at radius 3 is 2.51 bits per heavy atom. The summed E-state index contributed by atoms with van der Waals surface area (Å²) in [6.45, 7) is 16.3. The number of likely N-dealkylation sites (tertiary alicyclic amines) is 1. The quantitative estimate of drug-likeness (QED) is 0.211. The Balaban J connectivity index is 1.20. The molecule has 1 radical (unpaired) electrons. The molecule has 3 aromatic heterocycles. The average molecular weight is 645 g/mol. The SMILES string of the molecule is CCc1nn2c(C)cc(N3CC4(CN(C(=O)CO[Si](C)C(C)(C)C)C4)C3)cc2c1N(C)c1nc(-c2ccc(F)cc2)c(C#N)s1. The van der Waals surface area contributed by atoms with Gasteiger partial charge >= 0.3 is 0 Å². The first-order chi connectivity index (χ1) is 21.3. The molecule has 0 aliphatic carbocycles. The first-order valence-corrected chi connectivity index (χ1v) is 18.0. The first kappa shape index (κ1) is 31.2. The van der Waals surface area contributed by atoms with E-state index in [0.717, 1.165) is 60.9 Å². The number of carbonyl (C=O) groups is 1. The highest BCUT2D eigenvalue weighted by Gasteiger charge is 2.53. The molecule has 0 saturated carbocycles. The number of aromatic nitrogens is 3. The summed E-state index contributed by atoms with van der Waals surface area (Å²) in [5, 5.41) is 15.6. The summed E-state index contributed by atoms with van der Waals surface area (Å²) in [5.74, 6) is -0.239. The van der Waals surface area contributed by atoms with Gasteiger partial charge in [-0.05, 0) is 61.3 Å². The Morgan fingerprint density at radius 1 is 1.20 bits per heavy atom. The van der Waals surface area contributed by atoms with Gasteiger partial charge in [0.05, 0.1) is 16.9 Å². The van der Waals surface area contributed by atoms with E-state index in [1.807, 2.05) is 21.4 Å². The fraction of sp³-hybridized carbons (Fsp3) is 0.455. The molecule has 2 aliphatic rings. The van der Waals surface area contributed by atoms with Crippen molar-refractivity contribution in [3.05, 3.63) is 58.5 Å². The van der Waals surface area contributed by atoms with E-state index in [2.05, 4.69) is 64.3 Å². The molecule has 0 atom stereocenters. The van der Waals surface area contributed by atoms with Gasteiger partial charge in [0.25, 0.3) is 0 Å². The molecule has 2 fully saturated rings. The van der Waals surface area contributed by atoms with Crippen LogP contribution in [-0.4, -0.2) is 74.3 Å². The van der Waals surface area contributed by atoms with Crippen molar-refractivity contribution in [1.82, 2.24) is 19.5 Å². The number of thiazole rings is 1. The molecule has 45 heavy (non-hydrogen) atoms. The fourth-order valence-electron chi connectivity index (χ4n) is 6.10. The molecule has 4 aromatic rings. The second-order valence-electron chi connectivity index (χ2n) is 13.4. The lowest BCUT2D eigenvalue weighted by atomic mass is 9.72. The van der Waals surface area contributed by atoms with Crippen LogP contribution < -0.4 is 9.80 Å². The van der Waals surface area contributed by atoms with Crippen molar-refractivity contribution >= 4 is 48.3 Å². The molecule has 235 valence electrons. The first-order valence-electron chi connectivity index (χ1n) is 15.2. The van der Waals surface area contributed by atoms with Gasteiger partial charge in [0.15, 0.2) is 5.13 Å². The summed E-state index contributed by atoms with van der Waals surface area (Å²) in [5.41, 5.74) is 6.41. The van der Waals surface area contributed by atoms with Gasteiger partial charge in [-0.3, -0.25) is 4.79 Å².